The van der Waals surface area contributed by atoms with Crippen molar-refractivity contribution >= 4 is 11.9 Å². The molecule has 1 fully saturated rings. The van der Waals surface area contributed by atoms with Crippen molar-refractivity contribution in [1.82, 2.24) is 24.5 Å². The molecule has 8 nitrogen and oxygen atoms in total. The van der Waals surface area contributed by atoms with Crippen LogP contribution in [-0.4, -0.2) is 49.8 Å². The van der Waals surface area contributed by atoms with Gasteiger partial charge in [0.2, 0.25) is 17.8 Å². The molecule has 20 heavy (non-hydrogen) atoms. The highest BCUT2D eigenvalue weighted by atomic mass is 16.5. The molecule has 2 N–H and O–H groups in total. The average molecular weight is 275 g/mol. The molecule has 2 atom stereocenters. The number of nitrogens with zero attached hydrogens (tertiary/aromatic N) is 6. The maximum atomic E-state index is 5.79. The van der Waals surface area contributed by atoms with Crippen LogP contribution in [0.2, 0.25) is 0 Å². The molecule has 0 saturated carbocycles. The second kappa shape index (κ2) is 5.04. The highest BCUT2D eigenvalue weighted by molar-refractivity contribution is 5.38. The molecular formula is C12H17N7O. The van der Waals surface area contributed by atoms with Gasteiger partial charge in [0.05, 0.1) is 12.2 Å². The fourth-order valence-electron chi connectivity index (χ4n) is 2.34. The highest BCUT2D eigenvalue weighted by Crippen LogP contribution is 2.18. The fourth-order valence-corrected chi connectivity index (χ4v) is 2.34. The van der Waals surface area contributed by atoms with Gasteiger partial charge in [0.1, 0.15) is 6.33 Å². The second-order valence-corrected chi connectivity index (χ2v) is 4.93. The normalized spacial score (nSPS) is 23.0. The zero-order chi connectivity index (χ0) is 14.1. The zero-order valence-corrected chi connectivity index (χ0v) is 11.5. The predicted molar refractivity (Wildman–Crippen MR) is 73.6 cm³/mol. The molecule has 3 heterocycles. The number of aromatic nitrogens is 5. The average Bonchev–Trinajstić information content (AvgIpc) is 2.90. The summed E-state index contributed by atoms with van der Waals surface area (Å²) in [5, 5.41) is 0. The van der Waals surface area contributed by atoms with Crippen LogP contribution in [0.4, 0.5) is 11.9 Å². The van der Waals surface area contributed by atoms with Crippen LogP contribution in [0.5, 0.6) is 0 Å². The van der Waals surface area contributed by atoms with Crippen LogP contribution >= 0.6 is 0 Å². The Labute approximate surface area is 116 Å². The lowest BCUT2D eigenvalue weighted by molar-refractivity contribution is -0.00572. The predicted octanol–water partition coefficient (Wildman–Crippen LogP) is 0.253. The van der Waals surface area contributed by atoms with Crippen LogP contribution in [0.15, 0.2) is 18.7 Å². The molecule has 106 valence electrons. The van der Waals surface area contributed by atoms with Crippen molar-refractivity contribution < 1.29 is 4.74 Å². The van der Waals surface area contributed by atoms with E-state index in [1.807, 2.05) is 13.8 Å². The highest BCUT2D eigenvalue weighted by Gasteiger charge is 2.24. The molecule has 8 heteroatoms. The minimum absolute atomic E-state index is 0.133. The lowest BCUT2D eigenvalue weighted by Gasteiger charge is -2.35. The van der Waals surface area contributed by atoms with E-state index in [0.717, 1.165) is 13.1 Å². The molecule has 3 rings (SSSR count). The zero-order valence-electron chi connectivity index (χ0n) is 11.5. The van der Waals surface area contributed by atoms with Gasteiger partial charge in [-0.05, 0) is 13.8 Å². The van der Waals surface area contributed by atoms with Crippen LogP contribution in [0.1, 0.15) is 13.8 Å². The largest absolute Gasteiger partial charge is 0.372 e. The van der Waals surface area contributed by atoms with Gasteiger partial charge in [0.15, 0.2) is 0 Å². The maximum absolute atomic E-state index is 5.79. The lowest BCUT2D eigenvalue weighted by atomic mass is 10.2. The smallest absolute Gasteiger partial charge is 0.241 e. The summed E-state index contributed by atoms with van der Waals surface area (Å²) in [7, 11) is 0. The molecule has 1 aliphatic heterocycles. The first kappa shape index (κ1) is 12.8. The molecule has 0 amide bonds. The number of anilines is 2. The van der Waals surface area contributed by atoms with E-state index in [1.165, 1.54) is 0 Å². The summed E-state index contributed by atoms with van der Waals surface area (Å²) in [5.74, 6) is 1.24. The van der Waals surface area contributed by atoms with Crippen molar-refractivity contribution in [2.75, 3.05) is 23.7 Å². The van der Waals surface area contributed by atoms with Crippen LogP contribution in [-0.2, 0) is 4.74 Å². The number of imidazole rings is 1. The Bertz CT molecular complexity index is 575. The number of nitrogen functional groups attached to an aromatic ring is 1. The van der Waals surface area contributed by atoms with E-state index in [-0.39, 0.29) is 18.2 Å². The van der Waals surface area contributed by atoms with Gasteiger partial charge in [0, 0.05) is 25.5 Å². The van der Waals surface area contributed by atoms with Crippen molar-refractivity contribution in [3.8, 4) is 5.95 Å². The van der Waals surface area contributed by atoms with E-state index < -0.39 is 0 Å². The molecule has 0 spiro atoms. The molecule has 1 aliphatic rings. The number of rotatable bonds is 2. The Hall–Kier alpha value is -2.22. The van der Waals surface area contributed by atoms with E-state index in [9.17, 15) is 0 Å². The molecule has 0 aromatic carbocycles. The Balaban J connectivity index is 1.93. The van der Waals surface area contributed by atoms with Gasteiger partial charge >= 0.3 is 0 Å². The van der Waals surface area contributed by atoms with Gasteiger partial charge in [-0.25, -0.2) is 4.98 Å². The van der Waals surface area contributed by atoms with Gasteiger partial charge in [-0.3, -0.25) is 4.57 Å². The third-order valence-electron chi connectivity index (χ3n) is 3.07. The van der Waals surface area contributed by atoms with Gasteiger partial charge < -0.3 is 15.4 Å². The van der Waals surface area contributed by atoms with Crippen LogP contribution in [0.3, 0.4) is 0 Å². The van der Waals surface area contributed by atoms with Gasteiger partial charge in [0.25, 0.3) is 0 Å². The molecule has 0 bridgehead atoms. The molecule has 2 aromatic rings. The monoisotopic (exact) mass is 275 g/mol. The van der Waals surface area contributed by atoms with Crippen molar-refractivity contribution in [1.29, 1.82) is 0 Å². The quantitative estimate of drug-likeness (QED) is 0.839. The fraction of sp³-hybridized carbons (Fsp3) is 0.500. The van der Waals surface area contributed by atoms with Crippen LogP contribution in [0, 0.1) is 0 Å². The Morgan fingerprint density at radius 3 is 2.50 bits per heavy atom. The summed E-state index contributed by atoms with van der Waals surface area (Å²) in [5.41, 5.74) is 5.79. The molecule has 0 unspecified atom stereocenters. The first-order chi connectivity index (χ1) is 9.61. The minimum atomic E-state index is 0.133. The Morgan fingerprint density at radius 1 is 1.15 bits per heavy atom. The SMILES string of the molecule is C[C@@H]1CN(c2nc(N)nc(-n3ccnc3)n2)C[C@H](C)O1. The number of hydrogen-bond acceptors (Lipinski definition) is 7. The van der Waals surface area contributed by atoms with Crippen molar-refractivity contribution in [3.05, 3.63) is 18.7 Å². The Morgan fingerprint density at radius 2 is 1.85 bits per heavy atom. The number of hydrogen-bond donors (Lipinski definition) is 1. The first-order valence-corrected chi connectivity index (χ1v) is 6.52. The summed E-state index contributed by atoms with van der Waals surface area (Å²) >= 11 is 0. The molecular weight excluding hydrogens is 258 g/mol. The number of ether oxygens (including phenoxy) is 1. The van der Waals surface area contributed by atoms with E-state index >= 15 is 0 Å². The van der Waals surface area contributed by atoms with Gasteiger partial charge in [-0.2, -0.15) is 15.0 Å². The summed E-state index contributed by atoms with van der Waals surface area (Å²) in [4.78, 5) is 18.9. The number of morpholine rings is 1. The standard InChI is InChI=1S/C12H17N7O/c1-8-5-19(6-9(2)20-8)12-16-10(13)15-11(17-12)18-4-3-14-7-18/h3-4,7-9H,5-6H2,1-2H3,(H2,13,15,16,17)/t8-,9+. The minimum Gasteiger partial charge on any atom is -0.372 e. The maximum Gasteiger partial charge on any atom is 0.241 e. The van der Waals surface area contributed by atoms with E-state index in [4.69, 9.17) is 10.5 Å². The number of nitrogens with two attached hydrogens (primary N) is 1. The molecule has 0 radical (unpaired) electrons. The van der Waals surface area contributed by atoms with E-state index in [2.05, 4.69) is 24.8 Å². The first-order valence-electron chi connectivity index (χ1n) is 6.52. The molecule has 1 saturated heterocycles. The van der Waals surface area contributed by atoms with Crippen LogP contribution < -0.4 is 10.6 Å². The van der Waals surface area contributed by atoms with Crippen molar-refractivity contribution in [2.45, 2.75) is 26.1 Å². The summed E-state index contributed by atoms with van der Waals surface area (Å²) < 4.78 is 7.41. The van der Waals surface area contributed by atoms with E-state index in [0.29, 0.717) is 11.9 Å². The lowest BCUT2D eigenvalue weighted by Crippen LogP contribution is -2.46. The summed E-state index contributed by atoms with van der Waals surface area (Å²) in [6, 6.07) is 0. The van der Waals surface area contributed by atoms with Crippen molar-refractivity contribution in [2.24, 2.45) is 0 Å². The summed E-state index contributed by atoms with van der Waals surface area (Å²) in [6.45, 7) is 5.53. The van der Waals surface area contributed by atoms with Gasteiger partial charge in [-0.1, -0.05) is 0 Å². The third kappa shape index (κ3) is 2.55. The third-order valence-corrected chi connectivity index (χ3v) is 3.07. The topological polar surface area (TPSA) is 95.0 Å². The molecule has 2 aromatic heterocycles. The van der Waals surface area contributed by atoms with E-state index in [1.54, 1.807) is 23.3 Å². The second-order valence-electron chi connectivity index (χ2n) is 4.93. The van der Waals surface area contributed by atoms with Crippen molar-refractivity contribution in [3.63, 3.8) is 0 Å². The van der Waals surface area contributed by atoms with Gasteiger partial charge in [-0.15, -0.1) is 0 Å². The summed E-state index contributed by atoms with van der Waals surface area (Å²) in [6.07, 6.45) is 5.33. The Kier molecular flexibility index (Phi) is 3.23. The molecule has 0 aliphatic carbocycles. The van der Waals surface area contributed by atoms with Crippen LogP contribution in [0.25, 0.3) is 5.95 Å².